The van der Waals surface area contributed by atoms with Crippen molar-refractivity contribution in [3.05, 3.63) is 65.7 Å². The summed E-state index contributed by atoms with van der Waals surface area (Å²) >= 11 is 0. The summed E-state index contributed by atoms with van der Waals surface area (Å²) in [6.07, 6.45) is 3.44. The molecule has 30 heavy (non-hydrogen) atoms. The average molecular weight is 408 g/mol. The third-order valence-electron chi connectivity index (χ3n) is 5.85. The Balaban J connectivity index is 1.63. The summed E-state index contributed by atoms with van der Waals surface area (Å²) in [5.74, 6) is 0.827. The monoisotopic (exact) mass is 407 g/mol. The van der Waals surface area contributed by atoms with Crippen LogP contribution in [0.1, 0.15) is 44.2 Å². The Morgan fingerprint density at radius 3 is 2.30 bits per heavy atom. The molecule has 1 aliphatic rings. The summed E-state index contributed by atoms with van der Waals surface area (Å²) in [5, 5.41) is 2.98. The lowest BCUT2D eigenvalue weighted by Crippen LogP contribution is -2.41. The van der Waals surface area contributed by atoms with Crippen LogP contribution >= 0.6 is 0 Å². The van der Waals surface area contributed by atoms with Gasteiger partial charge in [0.15, 0.2) is 0 Å². The molecular formula is C25H33N3O2. The van der Waals surface area contributed by atoms with Crippen LogP contribution in [0.2, 0.25) is 0 Å². The highest BCUT2D eigenvalue weighted by Crippen LogP contribution is 2.17. The SMILES string of the molecule is CCc1ccc(NC(=O)N(CCC(=O)N2CCC(C)CC2)Cc2ccccc2)cc1. The minimum absolute atomic E-state index is 0.139. The number of nitrogens with one attached hydrogen (secondary N) is 1. The predicted molar refractivity (Wildman–Crippen MR) is 121 cm³/mol. The smallest absolute Gasteiger partial charge is 0.322 e. The molecule has 0 spiro atoms. The van der Waals surface area contributed by atoms with Crippen molar-refractivity contribution in [2.24, 2.45) is 5.92 Å². The van der Waals surface area contributed by atoms with E-state index in [-0.39, 0.29) is 11.9 Å². The van der Waals surface area contributed by atoms with E-state index in [1.165, 1.54) is 5.56 Å². The minimum atomic E-state index is -0.178. The van der Waals surface area contributed by atoms with Gasteiger partial charge in [0.1, 0.15) is 0 Å². The van der Waals surface area contributed by atoms with Crippen molar-refractivity contribution in [2.45, 2.75) is 46.1 Å². The van der Waals surface area contributed by atoms with Gasteiger partial charge in [-0.05, 0) is 48.4 Å². The number of rotatable bonds is 7. The normalized spacial score (nSPS) is 14.4. The van der Waals surface area contributed by atoms with E-state index in [0.29, 0.717) is 25.4 Å². The van der Waals surface area contributed by atoms with Gasteiger partial charge in [-0.3, -0.25) is 4.79 Å². The maximum atomic E-state index is 13.0. The quantitative estimate of drug-likeness (QED) is 0.707. The highest BCUT2D eigenvalue weighted by molar-refractivity contribution is 5.89. The summed E-state index contributed by atoms with van der Waals surface area (Å²) < 4.78 is 0. The van der Waals surface area contributed by atoms with Gasteiger partial charge >= 0.3 is 6.03 Å². The largest absolute Gasteiger partial charge is 0.343 e. The van der Waals surface area contributed by atoms with Gasteiger partial charge in [-0.15, -0.1) is 0 Å². The van der Waals surface area contributed by atoms with Gasteiger partial charge in [0, 0.05) is 38.3 Å². The molecular weight excluding hydrogens is 374 g/mol. The fraction of sp³-hybridized carbons (Fsp3) is 0.440. The zero-order valence-corrected chi connectivity index (χ0v) is 18.1. The molecule has 2 aromatic carbocycles. The van der Waals surface area contributed by atoms with Crippen LogP contribution in [-0.2, 0) is 17.8 Å². The number of anilines is 1. The number of amides is 3. The number of urea groups is 1. The molecule has 5 nitrogen and oxygen atoms in total. The number of hydrogen-bond acceptors (Lipinski definition) is 2. The summed E-state index contributed by atoms with van der Waals surface area (Å²) in [5.41, 5.74) is 3.05. The highest BCUT2D eigenvalue weighted by atomic mass is 16.2. The van der Waals surface area contributed by atoms with Crippen LogP contribution in [-0.4, -0.2) is 41.4 Å². The molecule has 1 fully saturated rings. The number of hydrogen-bond donors (Lipinski definition) is 1. The third kappa shape index (κ3) is 6.34. The number of carbonyl (C=O) groups excluding carboxylic acids is 2. The molecule has 2 aromatic rings. The number of aryl methyl sites for hydroxylation is 1. The molecule has 0 saturated carbocycles. The van der Waals surface area contributed by atoms with Gasteiger partial charge in [-0.25, -0.2) is 4.79 Å². The zero-order chi connectivity index (χ0) is 21.3. The van der Waals surface area contributed by atoms with E-state index in [1.807, 2.05) is 59.5 Å². The molecule has 0 aromatic heterocycles. The first-order valence-electron chi connectivity index (χ1n) is 11.0. The Hall–Kier alpha value is -2.82. The molecule has 1 saturated heterocycles. The van der Waals surface area contributed by atoms with Crippen molar-refractivity contribution in [1.29, 1.82) is 0 Å². The van der Waals surface area contributed by atoms with Crippen molar-refractivity contribution in [1.82, 2.24) is 9.80 Å². The van der Waals surface area contributed by atoms with Gasteiger partial charge in [0.05, 0.1) is 0 Å². The standard InChI is InChI=1S/C25H33N3O2/c1-3-21-9-11-23(12-10-21)26-25(30)28(19-22-7-5-4-6-8-22)18-15-24(29)27-16-13-20(2)14-17-27/h4-12,20H,3,13-19H2,1-2H3,(H,26,30). The fourth-order valence-electron chi connectivity index (χ4n) is 3.73. The Bertz CT molecular complexity index is 812. The van der Waals surface area contributed by atoms with Crippen molar-refractivity contribution in [2.75, 3.05) is 25.0 Å². The Labute approximate surface area is 180 Å². The molecule has 5 heteroatoms. The number of benzene rings is 2. The number of carbonyl (C=O) groups is 2. The maximum Gasteiger partial charge on any atom is 0.322 e. The first kappa shape index (κ1) is 21.9. The highest BCUT2D eigenvalue weighted by Gasteiger charge is 2.22. The predicted octanol–water partition coefficient (Wildman–Crippen LogP) is 4.93. The van der Waals surface area contributed by atoms with E-state index in [2.05, 4.69) is 19.2 Å². The molecule has 3 amide bonds. The van der Waals surface area contributed by atoms with Crippen LogP contribution < -0.4 is 5.32 Å². The zero-order valence-electron chi connectivity index (χ0n) is 18.1. The van der Waals surface area contributed by atoms with E-state index in [4.69, 9.17) is 0 Å². The lowest BCUT2D eigenvalue weighted by atomic mass is 9.99. The average Bonchev–Trinajstić information content (AvgIpc) is 2.78. The van der Waals surface area contributed by atoms with E-state index in [9.17, 15) is 9.59 Å². The van der Waals surface area contributed by atoms with Gasteiger partial charge in [0.25, 0.3) is 0 Å². The topological polar surface area (TPSA) is 52.7 Å². The molecule has 3 rings (SSSR count). The Morgan fingerprint density at radius 2 is 1.67 bits per heavy atom. The van der Waals surface area contributed by atoms with Crippen molar-refractivity contribution >= 4 is 17.6 Å². The van der Waals surface area contributed by atoms with Crippen LogP contribution in [0, 0.1) is 5.92 Å². The van der Waals surface area contributed by atoms with Crippen LogP contribution in [0.4, 0.5) is 10.5 Å². The van der Waals surface area contributed by atoms with Gasteiger partial charge < -0.3 is 15.1 Å². The van der Waals surface area contributed by atoms with E-state index >= 15 is 0 Å². The van der Waals surface area contributed by atoms with Crippen molar-refractivity contribution in [3.8, 4) is 0 Å². The molecule has 0 unspecified atom stereocenters. The number of nitrogens with zero attached hydrogens (tertiary/aromatic N) is 2. The van der Waals surface area contributed by atoms with Crippen LogP contribution in [0.15, 0.2) is 54.6 Å². The van der Waals surface area contributed by atoms with Gasteiger partial charge in [-0.2, -0.15) is 0 Å². The lowest BCUT2D eigenvalue weighted by molar-refractivity contribution is -0.132. The Kier molecular flexibility index (Phi) is 7.89. The molecule has 1 N–H and O–H groups in total. The second kappa shape index (κ2) is 10.8. The van der Waals surface area contributed by atoms with E-state index in [1.54, 1.807) is 4.90 Å². The first-order chi connectivity index (χ1) is 14.5. The molecule has 0 bridgehead atoms. The summed E-state index contributed by atoms with van der Waals surface area (Å²) in [6, 6.07) is 17.6. The first-order valence-corrected chi connectivity index (χ1v) is 11.0. The molecule has 1 aliphatic heterocycles. The van der Waals surface area contributed by atoms with Gasteiger partial charge in [-0.1, -0.05) is 56.3 Å². The molecule has 0 atom stereocenters. The molecule has 0 radical (unpaired) electrons. The van der Waals surface area contributed by atoms with Crippen molar-refractivity contribution in [3.63, 3.8) is 0 Å². The third-order valence-corrected chi connectivity index (χ3v) is 5.85. The second-order valence-corrected chi connectivity index (χ2v) is 8.20. The van der Waals surface area contributed by atoms with Gasteiger partial charge in [0.2, 0.25) is 5.91 Å². The minimum Gasteiger partial charge on any atom is -0.343 e. The molecule has 160 valence electrons. The molecule has 1 heterocycles. The molecule has 0 aliphatic carbocycles. The van der Waals surface area contributed by atoms with E-state index < -0.39 is 0 Å². The lowest BCUT2D eigenvalue weighted by Gasteiger charge is -2.31. The second-order valence-electron chi connectivity index (χ2n) is 8.20. The number of likely N-dealkylation sites (tertiary alicyclic amines) is 1. The summed E-state index contributed by atoms with van der Waals surface area (Å²) in [4.78, 5) is 29.4. The maximum absolute atomic E-state index is 13.0. The van der Waals surface area contributed by atoms with Crippen LogP contribution in [0.25, 0.3) is 0 Å². The van der Waals surface area contributed by atoms with Crippen molar-refractivity contribution < 1.29 is 9.59 Å². The van der Waals surface area contributed by atoms with E-state index in [0.717, 1.165) is 43.6 Å². The summed E-state index contributed by atoms with van der Waals surface area (Å²) in [7, 11) is 0. The summed E-state index contributed by atoms with van der Waals surface area (Å²) in [6.45, 7) is 6.88. The van der Waals surface area contributed by atoms with Crippen LogP contribution in [0.5, 0.6) is 0 Å². The van der Waals surface area contributed by atoms with Crippen LogP contribution in [0.3, 0.4) is 0 Å². The number of piperidine rings is 1. The fourth-order valence-corrected chi connectivity index (χ4v) is 3.73. The Morgan fingerprint density at radius 1 is 1.00 bits per heavy atom.